The van der Waals surface area contributed by atoms with Crippen LogP contribution < -0.4 is 10.6 Å². The summed E-state index contributed by atoms with van der Waals surface area (Å²) in [7, 11) is 2.17. The van der Waals surface area contributed by atoms with E-state index in [1.807, 2.05) is 26.1 Å². The highest BCUT2D eigenvalue weighted by atomic mass is 16.1. The summed E-state index contributed by atoms with van der Waals surface area (Å²) in [6.45, 7) is 5.89. The topological polar surface area (TPSA) is 74.6 Å². The first-order valence-corrected chi connectivity index (χ1v) is 8.64. The molecule has 0 radical (unpaired) electrons. The lowest BCUT2D eigenvalue weighted by Crippen LogP contribution is -2.40. The Morgan fingerprint density at radius 2 is 2.25 bits per heavy atom. The van der Waals surface area contributed by atoms with Crippen molar-refractivity contribution >= 4 is 17.4 Å². The Balaban J connectivity index is 1.73. The van der Waals surface area contributed by atoms with Crippen molar-refractivity contribution in [3.8, 4) is 0 Å². The second-order valence-electron chi connectivity index (χ2n) is 6.78. The standard InChI is InChI=1S/C17H26N6O/c1-12(2)20-17(24)14-11-19-23-9-7-15(21-16(14)23)18-10-13-6-4-5-8-22(13)3/h7,9,11-13H,4-6,8,10H2,1-3H3,(H,18,21)(H,20,24). The van der Waals surface area contributed by atoms with E-state index >= 15 is 0 Å². The molecule has 1 aliphatic rings. The van der Waals surface area contributed by atoms with Crippen LogP contribution in [0, 0.1) is 0 Å². The van der Waals surface area contributed by atoms with Gasteiger partial charge in [0, 0.05) is 24.8 Å². The molecule has 0 spiro atoms. The molecule has 0 bridgehead atoms. The molecule has 7 heteroatoms. The van der Waals surface area contributed by atoms with Gasteiger partial charge in [0.25, 0.3) is 5.91 Å². The van der Waals surface area contributed by atoms with E-state index in [4.69, 9.17) is 0 Å². The molecule has 1 fully saturated rings. The first-order chi connectivity index (χ1) is 11.5. The third kappa shape index (κ3) is 3.67. The Morgan fingerprint density at radius 1 is 1.42 bits per heavy atom. The number of hydrogen-bond donors (Lipinski definition) is 2. The van der Waals surface area contributed by atoms with Gasteiger partial charge in [0.1, 0.15) is 11.4 Å². The fraction of sp³-hybridized carbons (Fsp3) is 0.588. The first-order valence-electron chi connectivity index (χ1n) is 8.64. The van der Waals surface area contributed by atoms with Gasteiger partial charge >= 0.3 is 0 Å². The Bertz CT molecular complexity index is 710. The third-order valence-electron chi connectivity index (χ3n) is 4.47. The van der Waals surface area contributed by atoms with Crippen molar-refractivity contribution < 1.29 is 4.79 Å². The SMILES string of the molecule is CC(C)NC(=O)c1cnn2ccc(NCC3CCCCN3C)nc12. The number of carbonyl (C=O) groups excluding carboxylic acids is 1. The van der Waals surface area contributed by atoms with Gasteiger partial charge in [0.2, 0.25) is 0 Å². The molecular weight excluding hydrogens is 304 g/mol. The molecule has 1 amide bonds. The highest BCUT2D eigenvalue weighted by molar-refractivity contribution is 5.99. The summed E-state index contributed by atoms with van der Waals surface area (Å²) >= 11 is 0. The zero-order chi connectivity index (χ0) is 17.1. The lowest BCUT2D eigenvalue weighted by Gasteiger charge is -2.32. The predicted molar refractivity (Wildman–Crippen MR) is 94.3 cm³/mol. The molecule has 1 atom stereocenters. The van der Waals surface area contributed by atoms with Crippen LogP contribution >= 0.6 is 0 Å². The molecule has 1 aliphatic heterocycles. The highest BCUT2D eigenvalue weighted by Crippen LogP contribution is 2.16. The Morgan fingerprint density at radius 3 is 3.00 bits per heavy atom. The number of likely N-dealkylation sites (tertiary alicyclic amines) is 1. The largest absolute Gasteiger partial charge is 0.368 e. The number of piperidine rings is 1. The summed E-state index contributed by atoms with van der Waals surface area (Å²) in [6.07, 6.45) is 7.17. The molecule has 1 unspecified atom stereocenters. The van der Waals surface area contributed by atoms with Crippen molar-refractivity contribution in [1.82, 2.24) is 24.8 Å². The lowest BCUT2D eigenvalue weighted by molar-refractivity contribution is 0.0944. The van der Waals surface area contributed by atoms with Gasteiger partial charge in [-0.05, 0) is 46.3 Å². The van der Waals surface area contributed by atoms with Gasteiger partial charge in [-0.2, -0.15) is 5.10 Å². The molecule has 0 aliphatic carbocycles. The van der Waals surface area contributed by atoms with Crippen LogP contribution in [0.15, 0.2) is 18.5 Å². The Kier molecular flexibility index (Phi) is 4.99. The summed E-state index contributed by atoms with van der Waals surface area (Å²) in [5, 5.41) is 10.5. The van der Waals surface area contributed by atoms with Crippen molar-refractivity contribution in [3.05, 3.63) is 24.0 Å². The Hall–Kier alpha value is -2.15. The van der Waals surface area contributed by atoms with Crippen LogP contribution in [0.5, 0.6) is 0 Å². The first kappa shape index (κ1) is 16.7. The molecule has 130 valence electrons. The summed E-state index contributed by atoms with van der Waals surface area (Å²) in [5.41, 5.74) is 1.08. The average molecular weight is 330 g/mol. The smallest absolute Gasteiger partial charge is 0.256 e. The molecule has 24 heavy (non-hydrogen) atoms. The molecule has 1 saturated heterocycles. The van der Waals surface area contributed by atoms with Crippen LogP contribution in [0.2, 0.25) is 0 Å². The van der Waals surface area contributed by atoms with E-state index in [-0.39, 0.29) is 11.9 Å². The van der Waals surface area contributed by atoms with E-state index < -0.39 is 0 Å². The number of rotatable bonds is 5. The predicted octanol–water partition coefficient (Wildman–Crippen LogP) is 1.76. The molecule has 3 rings (SSSR count). The van der Waals surface area contributed by atoms with Gasteiger partial charge in [0.15, 0.2) is 5.65 Å². The quantitative estimate of drug-likeness (QED) is 0.874. The maximum absolute atomic E-state index is 12.3. The number of carbonyl (C=O) groups is 1. The molecule has 2 aromatic heterocycles. The van der Waals surface area contributed by atoms with Gasteiger partial charge < -0.3 is 15.5 Å². The van der Waals surface area contributed by atoms with Crippen molar-refractivity contribution in [2.75, 3.05) is 25.5 Å². The summed E-state index contributed by atoms with van der Waals surface area (Å²) in [6, 6.07) is 2.51. The molecular formula is C17H26N6O. The molecule has 2 N–H and O–H groups in total. The molecule has 7 nitrogen and oxygen atoms in total. The van der Waals surface area contributed by atoms with Crippen LogP contribution in [0.25, 0.3) is 5.65 Å². The second kappa shape index (κ2) is 7.17. The van der Waals surface area contributed by atoms with Gasteiger partial charge in [0.05, 0.1) is 6.20 Å². The van der Waals surface area contributed by atoms with E-state index in [0.29, 0.717) is 17.3 Å². The summed E-state index contributed by atoms with van der Waals surface area (Å²) in [4.78, 5) is 19.2. The van der Waals surface area contributed by atoms with Crippen LogP contribution in [0.4, 0.5) is 5.82 Å². The third-order valence-corrected chi connectivity index (χ3v) is 4.47. The number of hydrogen-bond acceptors (Lipinski definition) is 5. The van der Waals surface area contributed by atoms with Crippen molar-refractivity contribution in [2.24, 2.45) is 0 Å². The zero-order valence-corrected chi connectivity index (χ0v) is 14.6. The van der Waals surface area contributed by atoms with Crippen molar-refractivity contribution in [1.29, 1.82) is 0 Å². The highest BCUT2D eigenvalue weighted by Gasteiger charge is 2.19. The molecule has 0 saturated carbocycles. The number of amides is 1. The van der Waals surface area contributed by atoms with E-state index in [2.05, 4.69) is 32.7 Å². The van der Waals surface area contributed by atoms with Crippen LogP contribution in [-0.4, -0.2) is 57.6 Å². The lowest BCUT2D eigenvalue weighted by atomic mass is 10.0. The van der Waals surface area contributed by atoms with Gasteiger partial charge in [-0.25, -0.2) is 9.50 Å². The monoisotopic (exact) mass is 330 g/mol. The molecule has 3 heterocycles. The van der Waals surface area contributed by atoms with E-state index in [1.165, 1.54) is 19.3 Å². The minimum atomic E-state index is -0.142. The number of aromatic nitrogens is 3. The van der Waals surface area contributed by atoms with E-state index in [1.54, 1.807) is 10.7 Å². The molecule has 0 aromatic carbocycles. The summed E-state index contributed by atoms with van der Waals surface area (Å²) in [5.74, 6) is 0.636. The van der Waals surface area contributed by atoms with E-state index in [9.17, 15) is 4.79 Å². The van der Waals surface area contributed by atoms with Crippen molar-refractivity contribution in [3.63, 3.8) is 0 Å². The zero-order valence-electron chi connectivity index (χ0n) is 14.6. The number of nitrogens with zero attached hydrogens (tertiary/aromatic N) is 4. The van der Waals surface area contributed by atoms with Gasteiger partial charge in [-0.15, -0.1) is 0 Å². The van der Waals surface area contributed by atoms with E-state index in [0.717, 1.165) is 18.9 Å². The maximum atomic E-state index is 12.3. The normalized spacial score (nSPS) is 18.9. The van der Waals surface area contributed by atoms with Crippen LogP contribution in [0.3, 0.4) is 0 Å². The second-order valence-corrected chi connectivity index (χ2v) is 6.78. The van der Waals surface area contributed by atoms with Crippen LogP contribution in [0.1, 0.15) is 43.5 Å². The Labute approximate surface area is 142 Å². The van der Waals surface area contributed by atoms with Gasteiger partial charge in [-0.3, -0.25) is 4.79 Å². The molecule has 2 aromatic rings. The summed E-state index contributed by atoms with van der Waals surface area (Å²) < 4.78 is 1.63. The van der Waals surface area contributed by atoms with Crippen molar-refractivity contribution in [2.45, 2.75) is 45.2 Å². The fourth-order valence-electron chi connectivity index (χ4n) is 3.09. The number of likely N-dealkylation sites (N-methyl/N-ethyl adjacent to an activating group) is 1. The number of fused-ring (bicyclic) bond motifs is 1. The van der Waals surface area contributed by atoms with Gasteiger partial charge in [-0.1, -0.05) is 6.42 Å². The van der Waals surface area contributed by atoms with Crippen LogP contribution in [-0.2, 0) is 0 Å². The minimum Gasteiger partial charge on any atom is -0.368 e. The number of anilines is 1. The number of nitrogens with one attached hydrogen (secondary N) is 2. The average Bonchev–Trinajstić information content (AvgIpc) is 2.96. The minimum absolute atomic E-state index is 0.0793. The maximum Gasteiger partial charge on any atom is 0.256 e. The fourth-order valence-corrected chi connectivity index (χ4v) is 3.09.